The van der Waals surface area contributed by atoms with Gasteiger partial charge in [-0.15, -0.1) is 0 Å². The summed E-state index contributed by atoms with van der Waals surface area (Å²) in [5.74, 6) is -1.51. The molecule has 0 saturated carbocycles. The molecule has 0 radical (unpaired) electrons. The number of carbonyl (C=O) groups excluding carboxylic acids is 1. The van der Waals surface area contributed by atoms with Crippen molar-refractivity contribution in [1.82, 2.24) is 9.97 Å². The fourth-order valence-corrected chi connectivity index (χ4v) is 1.58. The molecule has 1 aromatic carbocycles. The van der Waals surface area contributed by atoms with Gasteiger partial charge in [0.1, 0.15) is 11.4 Å². The molecule has 21 heavy (non-hydrogen) atoms. The van der Waals surface area contributed by atoms with E-state index in [0.29, 0.717) is 0 Å². The number of benzene rings is 1. The highest BCUT2D eigenvalue weighted by atomic mass is 16.6. The Morgan fingerprint density at radius 1 is 1.29 bits per heavy atom. The van der Waals surface area contributed by atoms with Crippen LogP contribution >= 0.6 is 0 Å². The number of carbonyl (C=O) groups is 1. The van der Waals surface area contributed by atoms with Gasteiger partial charge in [-0.05, 0) is 6.07 Å². The van der Waals surface area contributed by atoms with E-state index in [-0.39, 0.29) is 0 Å². The number of rotatable bonds is 3. The van der Waals surface area contributed by atoms with Gasteiger partial charge >= 0.3 is 5.69 Å². The normalized spacial score (nSPS) is 10.1. The summed E-state index contributed by atoms with van der Waals surface area (Å²) in [4.78, 5) is 48.0. The summed E-state index contributed by atoms with van der Waals surface area (Å²) in [6.07, 6.45) is 0. The van der Waals surface area contributed by atoms with Crippen LogP contribution in [0, 0.1) is 10.1 Å². The van der Waals surface area contributed by atoms with Gasteiger partial charge in [0.25, 0.3) is 17.2 Å². The van der Waals surface area contributed by atoms with Gasteiger partial charge in [-0.2, -0.15) is 0 Å². The second-order valence-corrected chi connectivity index (χ2v) is 3.88. The molecule has 2 rings (SSSR count). The summed E-state index contributed by atoms with van der Waals surface area (Å²) in [6, 6.07) is 4.26. The molecule has 0 unspecified atom stereocenters. The van der Waals surface area contributed by atoms with Crippen LogP contribution in [0.5, 0.6) is 5.75 Å². The lowest BCUT2D eigenvalue weighted by molar-refractivity contribution is -0.384. The average Bonchev–Trinajstić information content (AvgIpc) is 2.39. The number of phenolic OH excluding ortho intramolecular Hbond substituents is 1. The van der Waals surface area contributed by atoms with Crippen LogP contribution < -0.4 is 16.6 Å². The summed E-state index contributed by atoms with van der Waals surface area (Å²) >= 11 is 0. The third-order valence-electron chi connectivity index (χ3n) is 2.46. The van der Waals surface area contributed by atoms with Crippen molar-refractivity contribution in [1.29, 1.82) is 0 Å². The number of H-pyrrole nitrogens is 2. The second kappa shape index (κ2) is 5.28. The summed E-state index contributed by atoms with van der Waals surface area (Å²) < 4.78 is 0. The number of nitrogens with one attached hydrogen (secondary N) is 3. The van der Waals surface area contributed by atoms with E-state index in [1.54, 1.807) is 0 Å². The lowest BCUT2D eigenvalue weighted by Gasteiger charge is -2.07. The molecule has 0 fully saturated rings. The van der Waals surface area contributed by atoms with Gasteiger partial charge in [-0.1, -0.05) is 6.07 Å². The number of para-hydroxylation sites is 1. The number of phenols is 1. The molecule has 1 aromatic heterocycles. The van der Waals surface area contributed by atoms with Crippen LogP contribution in [0.1, 0.15) is 10.5 Å². The van der Waals surface area contributed by atoms with Crippen LogP contribution in [0.2, 0.25) is 0 Å². The van der Waals surface area contributed by atoms with Crippen LogP contribution in [0.4, 0.5) is 11.4 Å². The van der Waals surface area contributed by atoms with Gasteiger partial charge in [0.2, 0.25) is 0 Å². The van der Waals surface area contributed by atoms with E-state index in [1.165, 1.54) is 6.07 Å². The maximum Gasteiger partial charge on any atom is 0.326 e. The van der Waals surface area contributed by atoms with Gasteiger partial charge in [0.15, 0.2) is 5.69 Å². The molecule has 1 heterocycles. The van der Waals surface area contributed by atoms with Crippen molar-refractivity contribution in [3.8, 4) is 5.75 Å². The molecule has 10 heteroatoms. The van der Waals surface area contributed by atoms with Crippen molar-refractivity contribution in [2.75, 3.05) is 5.32 Å². The van der Waals surface area contributed by atoms with E-state index < -0.39 is 44.9 Å². The topological polar surface area (TPSA) is 158 Å². The molecule has 0 spiro atoms. The first-order valence-corrected chi connectivity index (χ1v) is 5.50. The van der Waals surface area contributed by atoms with E-state index in [2.05, 4.69) is 10.3 Å². The number of nitro benzene ring substituents is 1. The number of nitro groups is 1. The van der Waals surface area contributed by atoms with Crippen molar-refractivity contribution < 1.29 is 14.8 Å². The van der Waals surface area contributed by atoms with E-state index in [9.17, 15) is 29.6 Å². The molecule has 0 atom stereocenters. The van der Waals surface area contributed by atoms with Crippen LogP contribution in [0.25, 0.3) is 0 Å². The Balaban J connectivity index is 2.43. The first-order valence-electron chi connectivity index (χ1n) is 5.50. The second-order valence-electron chi connectivity index (χ2n) is 3.88. The number of hydrogen-bond acceptors (Lipinski definition) is 6. The molecule has 0 aliphatic heterocycles. The molecule has 4 N–H and O–H groups in total. The van der Waals surface area contributed by atoms with E-state index in [1.807, 2.05) is 4.98 Å². The zero-order valence-corrected chi connectivity index (χ0v) is 10.2. The highest BCUT2D eigenvalue weighted by molar-refractivity contribution is 6.05. The third kappa shape index (κ3) is 2.94. The van der Waals surface area contributed by atoms with Crippen molar-refractivity contribution >= 4 is 17.3 Å². The third-order valence-corrected chi connectivity index (χ3v) is 2.46. The first kappa shape index (κ1) is 14.0. The molecule has 0 saturated heterocycles. The van der Waals surface area contributed by atoms with Crippen LogP contribution in [0.3, 0.4) is 0 Å². The lowest BCUT2D eigenvalue weighted by atomic mass is 10.2. The highest BCUT2D eigenvalue weighted by Gasteiger charge is 2.20. The van der Waals surface area contributed by atoms with Gasteiger partial charge in [0.05, 0.1) is 4.92 Å². The summed E-state index contributed by atoms with van der Waals surface area (Å²) in [6.45, 7) is 0. The fraction of sp³-hybridized carbons (Fsp3) is 0. The van der Waals surface area contributed by atoms with Crippen molar-refractivity contribution in [2.45, 2.75) is 0 Å². The molecular formula is C11H8N4O6. The number of nitrogens with zero attached hydrogens (tertiary/aromatic N) is 1. The summed E-state index contributed by atoms with van der Waals surface area (Å²) in [5, 5.41) is 22.5. The molecule has 2 aromatic rings. The predicted molar refractivity (Wildman–Crippen MR) is 70.4 cm³/mol. The summed E-state index contributed by atoms with van der Waals surface area (Å²) in [5.41, 5.74) is -3.08. The van der Waals surface area contributed by atoms with Crippen LogP contribution in [-0.4, -0.2) is 25.9 Å². The maximum atomic E-state index is 11.9. The van der Waals surface area contributed by atoms with E-state index >= 15 is 0 Å². The first-order chi connectivity index (χ1) is 9.88. The fourth-order valence-electron chi connectivity index (χ4n) is 1.58. The van der Waals surface area contributed by atoms with Gasteiger partial charge in [-0.3, -0.25) is 24.7 Å². The molecule has 1 amide bonds. The molecular weight excluding hydrogens is 284 g/mol. The number of amides is 1. The monoisotopic (exact) mass is 292 g/mol. The lowest BCUT2D eigenvalue weighted by Crippen LogP contribution is -2.27. The molecule has 108 valence electrons. The van der Waals surface area contributed by atoms with Gasteiger partial charge in [-0.25, -0.2) is 4.79 Å². The largest absolute Gasteiger partial charge is 0.505 e. The SMILES string of the molecule is O=C(Nc1c(O)cccc1[N+](=O)[O-])c1cc(=O)[nH]c(=O)[nH]1. The number of aromatic hydroxyl groups is 1. The van der Waals surface area contributed by atoms with E-state index in [0.717, 1.165) is 18.2 Å². The Morgan fingerprint density at radius 2 is 2.00 bits per heavy atom. The smallest absolute Gasteiger partial charge is 0.326 e. The number of aromatic amines is 2. The zero-order valence-electron chi connectivity index (χ0n) is 10.2. The minimum Gasteiger partial charge on any atom is -0.505 e. The Hall–Kier alpha value is -3.43. The van der Waals surface area contributed by atoms with Crippen LogP contribution in [0.15, 0.2) is 33.9 Å². The Kier molecular flexibility index (Phi) is 3.52. The molecule has 0 bridgehead atoms. The number of anilines is 1. The quantitative estimate of drug-likeness (QED) is 0.352. The molecule has 10 nitrogen and oxygen atoms in total. The minimum atomic E-state index is -0.984. The highest BCUT2D eigenvalue weighted by Crippen LogP contribution is 2.33. The standard InChI is InChI=1S/C11H8N4O6/c16-7-3-1-2-6(15(20)21)9(7)14-10(18)5-4-8(17)13-11(19)12-5/h1-4,16H,(H,14,18)(H2,12,13,17,19). The Bertz CT molecular complexity index is 809. The van der Waals surface area contributed by atoms with Crippen molar-refractivity contribution in [3.63, 3.8) is 0 Å². The summed E-state index contributed by atoms with van der Waals surface area (Å²) in [7, 11) is 0. The average molecular weight is 292 g/mol. The number of hydrogen-bond donors (Lipinski definition) is 4. The molecule has 0 aliphatic rings. The number of aromatic nitrogens is 2. The zero-order chi connectivity index (χ0) is 15.6. The minimum absolute atomic E-state index is 0.402. The predicted octanol–water partition coefficient (Wildman–Crippen LogP) is -0.0707. The molecule has 0 aliphatic carbocycles. The van der Waals surface area contributed by atoms with Gasteiger partial charge < -0.3 is 15.4 Å². The maximum absolute atomic E-state index is 11.9. The van der Waals surface area contributed by atoms with Crippen molar-refractivity contribution in [2.24, 2.45) is 0 Å². The Morgan fingerprint density at radius 3 is 2.62 bits per heavy atom. The van der Waals surface area contributed by atoms with Crippen molar-refractivity contribution in [3.05, 3.63) is 60.9 Å². The van der Waals surface area contributed by atoms with Gasteiger partial charge in [0, 0.05) is 12.1 Å². The Labute approximate surface area is 115 Å². The van der Waals surface area contributed by atoms with Crippen LogP contribution in [-0.2, 0) is 0 Å². The van der Waals surface area contributed by atoms with E-state index in [4.69, 9.17) is 0 Å².